The Hall–Kier alpha value is -1.84. The molecule has 3 rings (SSSR count). The minimum Gasteiger partial charge on any atom is -0.481 e. The highest BCUT2D eigenvalue weighted by atomic mass is 16.4. The zero-order chi connectivity index (χ0) is 15.7. The molecule has 1 aliphatic carbocycles. The number of nitrogens with zero attached hydrogens (tertiary/aromatic N) is 2. The lowest BCUT2D eigenvalue weighted by Gasteiger charge is -2.23. The van der Waals surface area contributed by atoms with Crippen molar-refractivity contribution in [3.8, 4) is 0 Å². The van der Waals surface area contributed by atoms with Gasteiger partial charge in [0, 0.05) is 12.0 Å². The average molecular weight is 300 g/mol. The van der Waals surface area contributed by atoms with E-state index >= 15 is 0 Å². The van der Waals surface area contributed by atoms with Crippen molar-refractivity contribution in [1.82, 2.24) is 9.55 Å². The van der Waals surface area contributed by atoms with Crippen molar-refractivity contribution < 1.29 is 9.90 Å². The lowest BCUT2D eigenvalue weighted by Crippen LogP contribution is -2.13. The van der Waals surface area contributed by atoms with Crippen molar-refractivity contribution in [2.24, 2.45) is 0 Å². The van der Waals surface area contributed by atoms with Crippen molar-refractivity contribution in [2.75, 3.05) is 0 Å². The van der Waals surface area contributed by atoms with Gasteiger partial charge in [0.2, 0.25) is 0 Å². The van der Waals surface area contributed by atoms with Crippen molar-refractivity contribution in [1.29, 1.82) is 0 Å². The van der Waals surface area contributed by atoms with E-state index in [-0.39, 0.29) is 6.42 Å². The van der Waals surface area contributed by atoms with Gasteiger partial charge >= 0.3 is 5.97 Å². The third kappa shape index (κ3) is 2.87. The van der Waals surface area contributed by atoms with Gasteiger partial charge in [-0.3, -0.25) is 4.79 Å². The summed E-state index contributed by atoms with van der Waals surface area (Å²) in [6.07, 6.45) is 6.41. The summed E-state index contributed by atoms with van der Waals surface area (Å²) in [6.45, 7) is 4.39. The number of hydrogen-bond donors (Lipinski definition) is 1. The minimum atomic E-state index is -0.796. The number of benzene rings is 1. The molecule has 4 heteroatoms. The topological polar surface area (TPSA) is 55.1 Å². The largest absolute Gasteiger partial charge is 0.481 e. The highest BCUT2D eigenvalue weighted by Crippen LogP contribution is 2.35. The van der Waals surface area contributed by atoms with E-state index in [9.17, 15) is 4.79 Å². The quantitative estimate of drug-likeness (QED) is 0.916. The summed E-state index contributed by atoms with van der Waals surface area (Å²) in [5.41, 5.74) is 2.89. The third-order valence-corrected chi connectivity index (χ3v) is 4.62. The number of hydrogen-bond acceptors (Lipinski definition) is 2. The van der Waals surface area contributed by atoms with Crippen LogP contribution >= 0.6 is 0 Å². The number of fused-ring (bicyclic) bond motifs is 1. The van der Waals surface area contributed by atoms with Crippen LogP contribution in [0.1, 0.15) is 69.3 Å². The summed E-state index contributed by atoms with van der Waals surface area (Å²) >= 11 is 0. The monoisotopic (exact) mass is 300 g/mol. The zero-order valence-corrected chi connectivity index (χ0v) is 13.4. The first-order valence-corrected chi connectivity index (χ1v) is 8.29. The van der Waals surface area contributed by atoms with Gasteiger partial charge in [-0.05, 0) is 44.4 Å². The molecule has 2 aromatic rings. The van der Waals surface area contributed by atoms with Crippen LogP contribution in [0.5, 0.6) is 0 Å². The predicted molar refractivity (Wildman–Crippen MR) is 87.3 cm³/mol. The van der Waals surface area contributed by atoms with Crippen molar-refractivity contribution >= 4 is 17.0 Å². The van der Waals surface area contributed by atoms with Crippen LogP contribution in [0.25, 0.3) is 11.0 Å². The smallest absolute Gasteiger partial charge is 0.307 e. The molecule has 0 bridgehead atoms. The molecule has 118 valence electrons. The Kier molecular flexibility index (Phi) is 4.19. The molecule has 1 N–H and O–H groups in total. The molecule has 4 nitrogen and oxygen atoms in total. The van der Waals surface area contributed by atoms with Crippen LogP contribution in [0.3, 0.4) is 0 Å². The van der Waals surface area contributed by atoms with E-state index in [4.69, 9.17) is 10.1 Å². The highest BCUT2D eigenvalue weighted by molar-refractivity contribution is 5.79. The SMILES string of the molecule is CC(C)n1c(C2CCCCC2)nc2cc(CC(=O)O)ccc21. The van der Waals surface area contributed by atoms with Crippen LogP contribution in [0.2, 0.25) is 0 Å². The molecule has 0 aliphatic heterocycles. The molecule has 0 atom stereocenters. The molecular weight excluding hydrogens is 276 g/mol. The Morgan fingerprint density at radius 1 is 1.32 bits per heavy atom. The van der Waals surface area contributed by atoms with Crippen LogP contribution in [0, 0.1) is 0 Å². The van der Waals surface area contributed by atoms with E-state index in [1.54, 1.807) is 0 Å². The zero-order valence-electron chi connectivity index (χ0n) is 13.4. The predicted octanol–water partition coefficient (Wildman–Crippen LogP) is 4.29. The Labute approximate surface area is 131 Å². The summed E-state index contributed by atoms with van der Waals surface area (Å²) in [6, 6.07) is 6.26. The normalized spacial score (nSPS) is 16.5. The van der Waals surface area contributed by atoms with Crippen LogP contribution in [0.15, 0.2) is 18.2 Å². The fourth-order valence-corrected chi connectivity index (χ4v) is 3.64. The van der Waals surface area contributed by atoms with Crippen LogP contribution in [0.4, 0.5) is 0 Å². The first kappa shape index (κ1) is 15.1. The summed E-state index contributed by atoms with van der Waals surface area (Å²) < 4.78 is 2.34. The average Bonchev–Trinajstić information content (AvgIpc) is 2.86. The molecule has 0 saturated heterocycles. The molecule has 1 aromatic carbocycles. The van der Waals surface area contributed by atoms with Gasteiger partial charge in [-0.2, -0.15) is 0 Å². The standard InChI is InChI=1S/C18H24N2O2/c1-12(2)20-16-9-8-13(11-17(21)22)10-15(16)19-18(20)14-6-4-3-5-7-14/h8-10,12,14H,3-7,11H2,1-2H3,(H,21,22). The molecule has 1 aliphatic rings. The number of rotatable bonds is 4. The van der Waals surface area contributed by atoms with Gasteiger partial charge in [0.1, 0.15) is 5.82 Å². The molecule has 1 fully saturated rings. The van der Waals surface area contributed by atoms with E-state index in [2.05, 4.69) is 18.4 Å². The fraction of sp³-hybridized carbons (Fsp3) is 0.556. The van der Waals surface area contributed by atoms with Gasteiger partial charge in [0.05, 0.1) is 17.5 Å². The molecular formula is C18H24N2O2. The number of carboxylic acid groups (broad SMARTS) is 1. The highest BCUT2D eigenvalue weighted by Gasteiger charge is 2.23. The van der Waals surface area contributed by atoms with E-state index in [1.165, 1.54) is 37.9 Å². The molecule has 0 unspecified atom stereocenters. The van der Waals surface area contributed by atoms with Gasteiger partial charge < -0.3 is 9.67 Å². The second-order valence-electron chi connectivity index (χ2n) is 6.66. The lowest BCUT2D eigenvalue weighted by molar-refractivity contribution is -0.136. The van der Waals surface area contributed by atoms with Gasteiger partial charge in [0.15, 0.2) is 0 Å². The van der Waals surface area contributed by atoms with Crippen LogP contribution in [-0.4, -0.2) is 20.6 Å². The molecule has 0 amide bonds. The molecule has 0 radical (unpaired) electrons. The lowest BCUT2D eigenvalue weighted by atomic mass is 9.88. The van der Waals surface area contributed by atoms with Crippen molar-refractivity contribution in [3.05, 3.63) is 29.6 Å². The molecule has 1 aromatic heterocycles. The van der Waals surface area contributed by atoms with Crippen LogP contribution in [-0.2, 0) is 11.2 Å². The maximum absolute atomic E-state index is 10.9. The molecule has 1 saturated carbocycles. The number of aliphatic carboxylic acids is 1. The summed E-state index contributed by atoms with van der Waals surface area (Å²) in [5.74, 6) is 0.943. The second-order valence-corrected chi connectivity index (χ2v) is 6.66. The fourth-order valence-electron chi connectivity index (χ4n) is 3.64. The van der Waals surface area contributed by atoms with E-state index in [0.29, 0.717) is 12.0 Å². The van der Waals surface area contributed by atoms with Gasteiger partial charge in [0.25, 0.3) is 0 Å². The Balaban J connectivity index is 2.06. The molecule has 1 heterocycles. The maximum Gasteiger partial charge on any atom is 0.307 e. The summed E-state index contributed by atoms with van der Waals surface area (Å²) in [5, 5.41) is 8.97. The number of aromatic nitrogens is 2. The first-order valence-electron chi connectivity index (χ1n) is 8.29. The van der Waals surface area contributed by atoms with Gasteiger partial charge in [-0.15, -0.1) is 0 Å². The third-order valence-electron chi connectivity index (χ3n) is 4.62. The summed E-state index contributed by atoms with van der Waals surface area (Å²) in [4.78, 5) is 15.8. The molecule has 22 heavy (non-hydrogen) atoms. The minimum absolute atomic E-state index is 0.0588. The van der Waals surface area contributed by atoms with Crippen molar-refractivity contribution in [3.63, 3.8) is 0 Å². The number of carbonyl (C=O) groups is 1. The Bertz CT molecular complexity index is 682. The maximum atomic E-state index is 10.9. The van der Waals surface area contributed by atoms with E-state index in [1.807, 2.05) is 18.2 Å². The Morgan fingerprint density at radius 2 is 2.05 bits per heavy atom. The first-order chi connectivity index (χ1) is 10.6. The second kappa shape index (κ2) is 6.11. The van der Waals surface area contributed by atoms with E-state index in [0.717, 1.165) is 16.6 Å². The number of imidazole rings is 1. The summed E-state index contributed by atoms with van der Waals surface area (Å²) in [7, 11) is 0. The molecule has 0 spiro atoms. The van der Waals surface area contributed by atoms with Crippen molar-refractivity contribution in [2.45, 2.75) is 64.3 Å². The Morgan fingerprint density at radius 3 is 2.68 bits per heavy atom. The van der Waals surface area contributed by atoms with Gasteiger partial charge in [-0.25, -0.2) is 4.98 Å². The number of carboxylic acids is 1. The van der Waals surface area contributed by atoms with Gasteiger partial charge in [-0.1, -0.05) is 25.3 Å². The van der Waals surface area contributed by atoms with E-state index < -0.39 is 5.97 Å². The van der Waals surface area contributed by atoms with Crippen LogP contribution < -0.4 is 0 Å².